The quantitative estimate of drug-likeness (QED) is 0.596. The molecule has 3 rings (SSSR count). The molecule has 0 bridgehead atoms. The molecule has 0 fully saturated rings. The van der Waals surface area contributed by atoms with Crippen molar-refractivity contribution in [2.45, 2.75) is 25.4 Å². The molecular weight excluding hydrogens is 336 g/mol. The van der Waals surface area contributed by atoms with Gasteiger partial charge in [0, 0.05) is 22.6 Å². The molecule has 1 heterocycles. The van der Waals surface area contributed by atoms with Crippen LogP contribution in [0.15, 0.2) is 48.7 Å². The van der Waals surface area contributed by atoms with Crippen LogP contribution in [-0.2, 0) is 6.42 Å². The van der Waals surface area contributed by atoms with Gasteiger partial charge in [0.25, 0.3) is 0 Å². The first-order valence-corrected chi connectivity index (χ1v) is 8.75. The minimum Gasteiger partial charge on any atom is -0.495 e. The van der Waals surface area contributed by atoms with Crippen LogP contribution in [0.1, 0.15) is 24.1 Å². The molecule has 0 radical (unpaired) electrons. The van der Waals surface area contributed by atoms with Gasteiger partial charge in [-0.15, -0.1) is 0 Å². The highest BCUT2D eigenvalue weighted by atomic mass is 35.5. The number of para-hydroxylation sites is 1. The first-order chi connectivity index (χ1) is 12.1. The highest BCUT2D eigenvalue weighted by Gasteiger charge is 2.16. The number of nitrogens with one attached hydrogen (secondary N) is 2. The number of aromatic amines is 1. The van der Waals surface area contributed by atoms with Crippen LogP contribution in [0.5, 0.6) is 5.75 Å². The second-order valence-corrected chi connectivity index (χ2v) is 6.70. The van der Waals surface area contributed by atoms with E-state index >= 15 is 0 Å². The molecular formula is C20H23ClN2O2. The monoisotopic (exact) mass is 358 g/mol. The molecule has 0 aliphatic carbocycles. The summed E-state index contributed by atoms with van der Waals surface area (Å²) in [6.07, 6.45) is 2.86. The standard InChI is InChI=1S/C20H23ClN2O2/c1-13(23-18(12-24)14-5-3-6-16(21)10-14)9-15-11-22-20-17(15)7-4-8-19(20)25-2/h3-8,10-11,13,18,22-24H,9,12H2,1-2H3. The van der Waals surface area contributed by atoms with Crippen molar-refractivity contribution in [3.05, 3.63) is 64.8 Å². The van der Waals surface area contributed by atoms with E-state index in [2.05, 4.69) is 23.3 Å². The molecule has 0 saturated heterocycles. The van der Waals surface area contributed by atoms with Crippen LogP contribution in [0, 0.1) is 0 Å². The van der Waals surface area contributed by atoms with Gasteiger partial charge >= 0.3 is 0 Å². The Morgan fingerprint density at radius 3 is 2.76 bits per heavy atom. The highest BCUT2D eigenvalue weighted by molar-refractivity contribution is 6.30. The molecule has 0 aliphatic heterocycles. The molecule has 2 atom stereocenters. The number of methoxy groups -OCH3 is 1. The number of halogens is 1. The van der Waals surface area contributed by atoms with Crippen molar-refractivity contribution in [1.82, 2.24) is 10.3 Å². The predicted octanol–water partition coefficient (Wildman–Crippen LogP) is 4.08. The maximum atomic E-state index is 9.76. The lowest BCUT2D eigenvalue weighted by Crippen LogP contribution is -2.34. The van der Waals surface area contributed by atoms with Crippen molar-refractivity contribution in [2.24, 2.45) is 0 Å². The number of hydrogen-bond acceptors (Lipinski definition) is 3. The number of H-pyrrole nitrogens is 1. The lowest BCUT2D eigenvalue weighted by Gasteiger charge is -2.22. The summed E-state index contributed by atoms with van der Waals surface area (Å²) < 4.78 is 5.40. The van der Waals surface area contributed by atoms with Crippen LogP contribution < -0.4 is 10.1 Å². The summed E-state index contributed by atoms with van der Waals surface area (Å²) in [4.78, 5) is 3.30. The number of aliphatic hydroxyl groups is 1. The van der Waals surface area contributed by atoms with Gasteiger partial charge in [-0.2, -0.15) is 0 Å². The smallest absolute Gasteiger partial charge is 0.142 e. The molecule has 0 amide bonds. The Labute approximate surface area is 152 Å². The van der Waals surface area contributed by atoms with Crippen LogP contribution >= 0.6 is 11.6 Å². The molecule has 132 valence electrons. The number of benzene rings is 2. The average molecular weight is 359 g/mol. The zero-order valence-electron chi connectivity index (χ0n) is 14.4. The summed E-state index contributed by atoms with van der Waals surface area (Å²) in [5.41, 5.74) is 3.22. The van der Waals surface area contributed by atoms with Gasteiger partial charge in [0.1, 0.15) is 5.75 Å². The number of hydrogen-bond donors (Lipinski definition) is 3. The third kappa shape index (κ3) is 3.98. The molecule has 25 heavy (non-hydrogen) atoms. The first kappa shape index (κ1) is 17.8. The minimum atomic E-state index is -0.145. The fourth-order valence-corrected chi connectivity index (χ4v) is 3.43. The Kier molecular flexibility index (Phi) is 5.63. The maximum Gasteiger partial charge on any atom is 0.142 e. The summed E-state index contributed by atoms with van der Waals surface area (Å²) >= 11 is 6.07. The van der Waals surface area contributed by atoms with E-state index in [0.29, 0.717) is 5.02 Å². The van der Waals surface area contributed by atoms with E-state index < -0.39 is 0 Å². The number of ether oxygens (including phenoxy) is 1. The molecule has 3 N–H and O–H groups in total. The summed E-state index contributed by atoms with van der Waals surface area (Å²) in [6.45, 7) is 2.14. The summed E-state index contributed by atoms with van der Waals surface area (Å²) in [5, 5.41) is 15.1. The zero-order valence-corrected chi connectivity index (χ0v) is 15.2. The second-order valence-electron chi connectivity index (χ2n) is 6.26. The third-order valence-corrected chi connectivity index (χ3v) is 4.66. The van der Waals surface area contributed by atoms with Crippen LogP contribution in [0.25, 0.3) is 10.9 Å². The molecule has 0 aliphatic rings. The van der Waals surface area contributed by atoms with E-state index in [0.717, 1.165) is 28.6 Å². The summed E-state index contributed by atoms with van der Waals surface area (Å²) in [6, 6.07) is 13.7. The molecule has 3 aromatic rings. The first-order valence-electron chi connectivity index (χ1n) is 8.37. The van der Waals surface area contributed by atoms with Gasteiger partial charge < -0.3 is 20.1 Å². The Morgan fingerprint density at radius 2 is 2.04 bits per heavy atom. The van der Waals surface area contributed by atoms with E-state index in [1.807, 2.05) is 42.6 Å². The van der Waals surface area contributed by atoms with E-state index in [9.17, 15) is 5.11 Å². The van der Waals surface area contributed by atoms with Crippen LogP contribution in [-0.4, -0.2) is 29.8 Å². The molecule has 1 aromatic heterocycles. The van der Waals surface area contributed by atoms with E-state index in [1.165, 1.54) is 5.56 Å². The lowest BCUT2D eigenvalue weighted by atomic mass is 10.0. The molecule has 0 spiro atoms. The van der Waals surface area contributed by atoms with E-state index in [-0.39, 0.29) is 18.7 Å². The third-order valence-electron chi connectivity index (χ3n) is 4.43. The van der Waals surface area contributed by atoms with Crippen molar-refractivity contribution < 1.29 is 9.84 Å². The normalized spacial score (nSPS) is 13.8. The Balaban J connectivity index is 1.75. The summed E-state index contributed by atoms with van der Waals surface area (Å²) in [7, 11) is 1.68. The Morgan fingerprint density at radius 1 is 1.24 bits per heavy atom. The van der Waals surface area contributed by atoms with Gasteiger partial charge in [-0.05, 0) is 42.7 Å². The SMILES string of the molecule is COc1cccc2c(CC(C)NC(CO)c3cccc(Cl)c3)c[nH]c12. The van der Waals surface area contributed by atoms with Gasteiger partial charge in [0.2, 0.25) is 0 Å². The van der Waals surface area contributed by atoms with Gasteiger partial charge in [0.05, 0.1) is 25.3 Å². The molecule has 5 heteroatoms. The van der Waals surface area contributed by atoms with E-state index in [1.54, 1.807) is 7.11 Å². The van der Waals surface area contributed by atoms with Gasteiger partial charge in [-0.25, -0.2) is 0 Å². The average Bonchev–Trinajstić information content (AvgIpc) is 3.02. The van der Waals surface area contributed by atoms with Gasteiger partial charge in [-0.3, -0.25) is 0 Å². The van der Waals surface area contributed by atoms with Crippen LogP contribution in [0.4, 0.5) is 0 Å². The number of fused-ring (bicyclic) bond motifs is 1. The Hall–Kier alpha value is -2.01. The largest absolute Gasteiger partial charge is 0.495 e. The van der Waals surface area contributed by atoms with Crippen molar-refractivity contribution in [3.8, 4) is 5.75 Å². The highest BCUT2D eigenvalue weighted by Crippen LogP contribution is 2.28. The van der Waals surface area contributed by atoms with Crippen molar-refractivity contribution in [2.75, 3.05) is 13.7 Å². The molecule has 4 nitrogen and oxygen atoms in total. The van der Waals surface area contributed by atoms with Crippen molar-refractivity contribution in [3.63, 3.8) is 0 Å². The van der Waals surface area contributed by atoms with Crippen LogP contribution in [0.2, 0.25) is 5.02 Å². The second kappa shape index (κ2) is 7.91. The number of aliphatic hydroxyl groups excluding tert-OH is 1. The zero-order chi connectivity index (χ0) is 17.8. The lowest BCUT2D eigenvalue weighted by molar-refractivity contribution is 0.235. The van der Waals surface area contributed by atoms with Crippen LogP contribution in [0.3, 0.4) is 0 Å². The maximum absolute atomic E-state index is 9.76. The fourth-order valence-electron chi connectivity index (χ4n) is 3.23. The summed E-state index contributed by atoms with van der Waals surface area (Å²) in [5.74, 6) is 0.844. The molecule has 2 unspecified atom stereocenters. The molecule has 0 saturated carbocycles. The van der Waals surface area contributed by atoms with Gasteiger partial charge in [-0.1, -0.05) is 35.9 Å². The predicted molar refractivity (Wildman–Crippen MR) is 102 cm³/mol. The Bertz CT molecular complexity index is 847. The van der Waals surface area contributed by atoms with E-state index in [4.69, 9.17) is 16.3 Å². The topological polar surface area (TPSA) is 57.3 Å². The van der Waals surface area contributed by atoms with Crippen molar-refractivity contribution in [1.29, 1.82) is 0 Å². The minimum absolute atomic E-state index is 0.0202. The number of aromatic nitrogens is 1. The van der Waals surface area contributed by atoms with Gasteiger partial charge in [0.15, 0.2) is 0 Å². The number of rotatable bonds is 7. The molecule has 2 aromatic carbocycles. The van der Waals surface area contributed by atoms with Crippen molar-refractivity contribution >= 4 is 22.5 Å². The fraction of sp³-hybridized carbons (Fsp3) is 0.300.